The van der Waals surface area contributed by atoms with E-state index in [9.17, 15) is 4.79 Å². The van der Waals surface area contributed by atoms with Crippen molar-refractivity contribution in [1.82, 2.24) is 24.6 Å². The Balaban J connectivity index is 1.71. The Bertz CT molecular complexity index is 488. The van der Waals surface area contributed by atoms with E-state index in [4.69, 9.17) is 0 Å². The molecule has 0 aliphatic heterocycles. The second kappa shape index (κ2) is 6.00. The number of carbonyl (C=O) groups excluding carboxylic acids is 1. The van der Waals surface area contributed by atoms with Crippen molar-refractivity contribution < 1.29 is 4.79 Å². The topological polar surface area (TPSA) is 64.7 Å². The Kier molecular flexibility index (Phi) is 4.11. The van der Waals surface area contributed by atoms with Gasteiger partial charge < -0.3 is 9.88 Å². The molecule has 0 saturated heterocycles. The molecule has 0 aliphatic rings. The van der Waals surface area contributed by atoms with Crippen molar-refractivity contribution in [2.24, 2.45) is 0 Å². The van der Waals surface area contributed by atoms with Gasteiger partial charge in [0.2, 0.25) is 0 Å². The molecule has 0 bridgehead atoms. The van der Waals surface area contributed by atoms with Gasteiger partial charge in [-0.2, -0.15) is 5.10 Å². The SMILES string of the molecule is CCn1cc(C(=O)NCCCn2ccnc2)cn1. The van der Waals surface area contributed by atoms with E-state index in [1.165, 1.54) is 0 Å². The van der Waals surface area contributed by atoms with Crippen LogP contribution in [0.3, 0.4) is 0 Å². The number of rotatable bonds is 6. The van der Waals surface area contributed by atoms with Gasteiger partial charge in [-0.3, -0.25) is 9.48 Å². The number of aromatic nitrogens is 4. The van der Waals surface area contributed by atoms with Crippen LogP contribution in [0.5, 0.6) is 0 Å². The van der Waals surface area contributed by atoms with E-state index in [0.717, 1.165) is 19.5 Å². The number of amides is 1. The van der Waals surface area contributed by atoms with Crippen LogP contribution in [0.25, 0.3) is 0 Å². The van der Waals surface area contributed by atoms with Gasteiger partial charge in [-0.1, -0.05) is 0 Å². The maximum absolute atomic E-state index is 11.8. The molecule has 18 heavy (non-hydrogen) atoms. The van der Waals surface area contributed by atoms with Crippen LogP contribution in [0, 0.1) is 0 Å². The highest BCUT2D eigenvalue weighted by Gasteiger charge is 2.06. The van der Waals surface area contributed by atoms with Gasteiger partial charge in [0.1, 0.15) is 0 Å². The van der Waals surface area contributed by atoms with Gasteiger partial charge >= 0.3 is 0 Å². The number of carbonyl (C=O) groups is 1. The van der Waals surface area contributed by atoms with Crippen LogP contribution < -0.4 is 5.32 Å². The lowest BCUT2D eigenvalue weighted by Gasteiger charge is -2.04. The molecule has 0 aromatic carbocycles. The van der Waals surface area contributed by atoms with Gasteiger partial charge in [-0.15, -0.1) is 0 Å². The van der Waals surface area contributed by atoms with E-state index < -0.39 is 0 Å². The Hall–Kier alpha value is -2.11. The van der Waals surface area contributed by atoms with Crippen LogP contribution >= 0.6 is 0 Å². The predicted octanol–water partition coefficient (Wildman–Crippen LogP) is 0.920. The number of hydrogen-bond acceptors (Lipinski definition) is 3. The fraction of sp³-hybridized carbons (Fsp3) is 0.417. The standard InChI is InChI=1S/C12H17N5O/c1-2-17-9-11(8-15-17)12(18)14-4-3-6-16-7-5-13-10-16/h5,7-10H,2-4,6H2,1H3,(H,14,18). The third-order valence-corrected chi connectivity index (χ3v) is 2.66. The highest BCUT2D eigenvalue weighted by molar-refractivity contribution is 5.93. The second-order valence-electron chi connectivity index (χ2n) is 3.99. The average Bonchev–Trinajstić information content (AvgIpc) is 3.05. The summed E-state index contributed by atoms with van der Waals surface area (Å²) in [6.45, 7) is 4.26. The third-order valence-electron chi connectivity index (χ3n) is 2.66. The minimum absolute atomic E-state index is 0.0691. The number of hydrogen-bond donors (Lipinski definition) is 1. The monoisotopic (exact) mass is 247 g/mol. The summed E-state index contributed by atoms with van der Waals surface area (Å²) in [6.07, 6.45) is 9.65. The number of nitrogens with zero attached hydrogens (tertiary/aromatic N) is 4. The van der Waals surface area contributed by atoms with Gasteiger partial charge in [0.15, 0.2) is 0 Å². The van der Waals surface area contributed by atoms with Crippen molar-refractivity contribution in [3.05, 3.63) is 36.7 Å². The first kappa shape index (κ1) is 12.3. The third kappa shape index (κ3) is 3.19. The highest BCUT2D eigenvalue weighted by atomic mass is 16.1. The first-order valence-corrected chi connectivity index (χ1v) is 6.06. The van der Waals surface area contributed by atoms with Crippen LogP contribution in [-0.4, -0.2) is 31.8 Å². The van der Waals surface area contributed by atoms with Crippen molar-refractivity contribution in [3.8, 4) is 0 Å². The molecule has 0 fully saturated rings. The molecule has 96 valence electrons. The number of nitrogens with one attached hydrogen (secondary N) is 1. The lowest BCUT2D eigenvalue weighted by molar-refractivity contribution is 0.0952. The largest absolute Gasteiger partial charge is 0.352 e. The Morgan fingerprint density at radius 2 is 2.39 bits per heavy atom. The van der Waals surface area contributed by atoms with E-state index >= 15 is 0 Å². The summed E-state index contributed by atoms with van der Waals surface area (Å²) < 4.78 is 3.72. The first-order chi connectivity index (χ1) is 8.79. The van der Waals surface area contributed by atoms with E-state index in [1.807, 2.05) is 17.7 Å². The van der Waals surface area contributed by atoms with Crippen molar-refractivity contribution in [2.45, 2.75) is 26.4 Å². The normalized spacial score (nSPS) is 10.5. The summed E-state index contributed by atoms with van der Waals surface area (Å²) in [7, 11) is 0. The zero-order valence-electron chi connectivity index (χ0n) is 10.4. The van der Waals surface area contributed by atoms with Crippen LogP contribution in [0.15, 0.2) is 31.1 Å². The van der Waals surface area contributed by atoms with Crippen LogP contribution in [0.4, 0.5) is 0 Å². The maximum Gasteiger partial charge on any atom is 0.254 e. The predicted molar refractivity (Wildman–Crippen MR) is 67.1 cm³/mol. The second-order valence-corrected chi connectivity index (χ2v) is 3.99. The molecular formula is C12H17N5O. The molecule has 0 atom stereocenters. The van der Waals surface area contributed by atoms with Gasteiger partial charge in [-0.25, -0.2) is 4.98 Å². The van der Waals surface area contributed by atoms with E-state index in [-0.39, 0.29) is 5.91 Å². The smallest absolute Gasteiger partial charge is 0.254 e. The fourth-order valence-corrected chi connectivity index (χ4v) is 1.64. The van der Waals surface area contributed by atoms with Crippen molar-refractivity contribution in [2.75, 3.05) is 6.54 Å². The van der Waals surface area contributed by atoms with Crippen LogP contribution in [-0.2, 0) is 13.1 Å². The number of aryl methyl sites for hydroxylation is 2. The zero-order valence-corrected chi connectivity index (χ0v) is 10.4. The molecule has 0 spiro atoms. The van der Waals surface area contributed by atoms with Gasteiger partial charge in [0, 0.05) is 38.2 Å². The molecule has 0 saturated carbocycles. The van der Waals surface area contributed by atoms with Crippen molar-refractivity contribution in [1.29, 1.82) is 0 Å². The Labute approximate surface area is 106 Å². The molecule has 6 nitrogen and oxygen atoms in total. The molecule has 2 aromatic rings. The molecule has 0 aliphatic carbocycles. The molecule has 0 unspecified atom stereocenters. The minimum Gasteiger partial charge on any atom is -0.352 e. The molecule has 0 radical (unpaired) electrons. The fourth-order valence-electron chi connectivity index (χ4n) is 1.64. The summed E-state index contributed by atoms with van der Waals surface area (Å²) in [4.78, 5) is 15.7. The highest BCUT2D eigenvalue weighted by Crippen LogP contribution is 1.97. The van der Waals surface area contributed by atoms with Gasteiger partial charge in [0.25, 0.3) is 5.91 Å². The minimum atomic E-state index is -0.0691. The summed E-state index contributed by atoms with van der Waals surface area (Å²) in [5.41, 5.74) is 0.611. The molecule has 1 N–H and O–H groups in total. The summed E-state index contributed by atoms with van der Waals surface area (Å²) in [5.74, 6) is -0.0691. The quantitative estimate of drug-likeness (QED) is 0.772. The number of imidazole rings is 1. The average molecular weight is 247 g/mol. The summed E-state index contributed by atoms with van der Waals surface area (Å²) in [6, 6.07) is 0. The van der Waals surface area contributed by atoms with Crippen molar-refractivity contribution >= 4 is 5.91 Å². The molecule has 1 amide bonds. The van der Waals surface area contributed by atoms with Crippen molar-refractivity contribution in [3.63, 3.8) is 0 Å². The van der Waals surface area contributed by atoms with Crippen LogP contribution in [0.2, 0.25) is 0 Å². The van der Waals surface area contributed by atoms with Gasteiger partial charge in [0.05, 0.1) is 18.1 Å². The van der Waals surface area contributed by atoms with E-state index in [0.29, 0.717) is 12.1 Å². The Morgan fingerprint density at radius 1 is 1.50 bits per heavy atom. The molecule has 2 rings (SSSR count). The molecule has 2 aromatic heterocycles. The first-order valence-electron chi connectivity index (χ1n) is 6.06. The Morgan fingerprint density at radius 3 is 3.06 bits per heavy atom. The van der Waals surface area contributed by atoms with E-state index in [1.54, 1.807) is 29.6 Å². The lowest BCUT2D eigenvalue weighted by Crippen LogP contribution is -2.24. The van der Waals surface area contributed by atoms with Gasteiger partial charge in [-0.05, 0) is 13.3 Å². The lowest BCUT2D eigenvalue weighted by atomic mass is 10.3. The molecular weight excluding hydrogens is 230 g/mol. The summed E-state index contributed by atoms with van der Waals surface area (Å²) in [5, 5.41) is 6.94. The van der Waals surface area contributed by atoms with Crippen LogP contribution in [0.1, 0.15) is 23.7 Å². The summed E-state index contributed by atoms with van der Waals surface area (Å²) >= 11 is 0. The molecule has 2 heterocycles. The zero-order chi connectivity index (χ0) is 12.8. The molecule has 6 heteroatoms. The van der Waals surface area contributed by atoms with E-state index in [2.05, 4.69) is 15.4 Å². The maximum atomic E-state index is 11.8.